The van der Waals surface area contributed by atoms with Gasteiger partial charge >= 0.3 is 0 Å². The van der Waals surface area contributed by atoms with Crippen molar-refractivity contribution in [2.75, 3.05) is 0 Å². The molecule has 0 aromatic heterocycles. The second-order valence-corrected chi connectivity index (χ2v) is 2.72. The van der Waals surface area contributed by atoms with Crippen molar-refractivity contribution in [1.29, 1.82) is 0 Å². The Hall–Kier alpha value is -0.820. The normalized spacial score (nSPS) is 32.9. The molecule has 0 saturated heterocycles. The van der Waals surface area contributed by atoms with Crippen LogP contribution >= 0.6 is 0 Å². The minimum absolute atomic E-state index is 0.408. The van der Waals surface area contributed by atoms with Gasteiger partial charge in [0, 0.05) is 0 Å². The molecule has 0 fully saturated rings. The van der Waals surface area contributed by atoms with E-state index in [9.17, 15) is 5.11 Å². The topological polar surface area (TPSA) is 20.2 Å². The van der Waals surface area contributed by atoms with E-state index in [1.807, 2.05) is 24.3 Å². The van der Waals surface area contributed by atoms with Crippen molar-refractivity contribution >= 4 is 0 Å². The Morgan fingerprint density at radius 2 is 1.82 bits per heavy atom. The second kappa shape index (κ2) is 4.14. The number of aliphatic hydroxyl groups excluding tert-OH is 1. The average Bonchev–Trinajstić information content (AvgIpc) is 1.98. The minimum Gasteiger partial charge on any atom is -0.385 e. The molecule has 0 aromatic carbocycles. The van der Waals surface area contributed by atoms with Crippen LogP contribution in [0, 0.1) is 5.92 Å². The van der Waals surface area contributed by atoms with Gasteiger partial charge in [0.1, 0.15) is 0 Å². The van der Waals surface area contributed by atoms with Gasteiger partial charge < -0.3 is 5.11 Å². The third-order valence-corrected chi connectivity index (χ3v) is 1.80. The van der Waals surface area contributed by atoms with Gasteiger partial charge in [-0.25, -0.2) is 0 Å². The highest BCUT2D eigenvalue weighted by Crippen LogP contribution is 2.09. The molecule has 0 spiro atoms. The Kier molecular flexibility index (Phi) is 3.12. The maximum Gasteiger partial charge on any atom is 0.0905 e. The zero-order valence-electron chi connectivity index (χ0n) is 6.77. The lowest BCUT2D eigenvalue weighted by Gasteiger charge is -2.05. The molecule has 1 rings (SSSR count). The standard InChI is InChI=1S/C10H14O/c1-2-9-5-3-4-6-10(11)8-7-9/h3-11H,2H2,1H3/b5-3-,6-4?,8-7?/t9-,10-/m0/s1. The maximum absolute atomic E-state index is 9.22. The summed E-state index contributed by atoms with van der Waals surface area (Å²) >= 11 is 0. The molecule has 0 unspecified atom stereocenters. The molecule has 0 aliphatic heterocycles. The van der Waals surface area contributed by atoms with Gasteiger partial charge in [0.2, 0.25) is 0 Å². The summed E-state index contributed by atoms with van der Waals surface area (Å²) in [6.45, 7) is 2.14. The van der Waals surface area contributed by atoms with Gasteiger partial charge in [0.15, 0.2) is 0 Å². The first-order valence-corrected chi connectivity index (χ1v) is 4.04. The fourth-order valence-corrected chi connectivity index (χ4v) is 1.04. The van der Waals surface area contributed by atoms with Crippen LogP contribution in [0.15, 0.2) is 36.5 Å². The third-order valence-electron chi connectivity index (χ3n) is 1.80. The number of hydrogen-bond donors (Lipinski definition) is 1. The molecule has 1 heteroatoms. The number of hydrogen-bond acceptors (Lipinski definition) is 1. The lowest BCUT2D eigenvalue weighted by Crippen LogP contribution is -1.99. The van der Waals surface area contributed by atoms with Crippen molar-refractivity contribution in [3.63, 3.8) is 0 Å². The van der Waals surface area contributed by atoms with Crippen LogP contribution in [0.1, 0.15) is 13.3 Å². The lowest BCUT2D eigenvalue weighted by atomic mass is 10.0. The van der Waals surface area contributed by atoms with E-state index >= 15 is 0 Å². The molecule has 1 N–H and O–H groups in total. The molecule has 60 valence electrons. The van der Waals surface area contributed by atoms with Crippen LogP contribution in [0.3, 0.4) is 0 Å². The van der Waals surface area contributed by atoms with E-state index in [1.54, 1.807) is 6.08 Å². The molecular weight excluding hydrogens is 136 g/mol. The zero-order chi connectivity index (χ0) is 8.10. The van der Waals surface area contributed by atoms with E-state index in [-0.39, 0.29) is 0 Å². The van der Waals surface area contributed by atoms with Crippen LogP contribution < -0.4 is 0 Å². The van der Waals surface area contributed by atoms with Crippen LogP contribution in [0.25, 0.3) is 0 Å². The van der Waals surface area contributed by atoms with Crippen molar-refractivity contribution in [1.82, 2.24) is 0 Å². The quantitative estimate of drug-likeness (QED) is 0.567. The summed E-state index contributed by atoms with van der Waals surface area (Å²) in [5, 5.41) is 9.22. The van der Waals surface area contributed by atoms with E-state index in [2.05, 4.69) is 13.0 Å². The fraction of sp³-hybridized carbons (Fsp3) is 0.400. The van der Waals surface area contributed by atoms with Crippen LogP contribution in [-0.4, -0.2) is 11.2 Å². The highest BCUT2D eigenvalue weighted by molar-refractivity contribution is 5.16. The Morgan fingerprint density at radius 3 is 2.55 bits per heavy atom. The first kappa shape index (κ1) is 8.28. The van der Waals surface area contributed by atoms with Gasteiger partial charge in [-0.15, -0.1) is 0 Å². The molecule has 0 saturated carbocycles. The highest BCUT2D eigenvalue weighted by atomic mass is 16.3. The molecule has 2 atom stereocenters. The summed E-state index contributed by atoms with van der Waals surface area (Å²) in [7, 11) is 0. The van der Waals surface area contributed by atoms with Crippen molar-refractivity contribution < 1.29 is 5.11 Å². The molecule has 0 radical (unpaired) electrons. The molecular formula is C10H14O. The highest BCUT2D eigenvalue weighted by Gasteiger charge is 1.98. The predicted octanol–water partition coefficient (Wildman–Crippen LogP) is 2.06. The average molecular weight is 150 g/mol. The first-order valence-electron chi connectivity index (χ1n) is 4.04. The van der Waals surface area contributed by atoms with Crippen molar-refractivity contribution in [3.05, 3.63) is 36.5 Å². The van der Waals surface area contributed by atoms with Crippen molar-refractivity contribution in [3.8, 4) is 0 Å². The molecule has 0 bridgehead atoms. The molecule has 1 nitrogen and oxygen atoms in total. The summed E-state index contributed by atoms with van der Waals surface area (Å²) in [6.07, 6.45) is 12.3. The van der Waals surface area contributed by atoms with Gasteiger partial charge in [0.25, 0.3) is 0 Å². The van der Waals surface area contributed by atoms with E-state index in [0.717, 1.165) is 6.42 Å². The van der Waals surface area contributed by atoms with Gasteiger partial charge in [-0.1, -0.05) is 43.4 Å². The van der Waals surface area contributed by atoms with Crippen LogP contribution in [0.2, 0.25) is 0 Å². The SMILES string of the molecule is CC[C@@H]1C=C[C@@H](O)C=C/C=C\1. The van der Waals surface area contributed by atoms with Gasteiger partial charge in [-0.2, -0.15) is 0 Å². The molecule has 11 heavy (non-hydrogen) atoms. The first-order chi connectivity index (χ1) is 5.33. The van der Waals surface area contributed by atoms with Crippen LogP contribution in [0.4, 0.5) is 0 Å². The largest absolute Gasteiger partial charge is 0.385 e. The van der Waals surface area contributed by atoms with Crippen LogP contribution in [0.5, 0.6) is 0 Å². The number of rotatable bonds is 1. The number of allylic oxidation sites excluding steroid dienone is 4. The molecule has 0 aromatic rings. The Bertz CT molecular complexity index is 189. The summed E-state index contributed by atoms with van der Waals surface area (Å²) in [4.78, 5) is 0. The Labute approximate surface area is 67.7 Å². The summed E-state index contributed by atoms with van der Waals surface area (Å²) in [5.41, 5.74) is 0. The lowest BCUT2D eigenvalue weighted by molar-refractivity contribution is 0.271. The van der Waals surface area contributed by atoms with Crippen LogP contribution in [-0.2, 0) is 0 Å². The summed E-state index contributed by atoms with van der Waals surface area (Å²) in [5.74, 6) is 0.481. The van der Waals surface area contributed by atoms with Gasteiger partial charge in [0.05, 0.1) is 6.10 Å². The smallest absolute Gasteiger partial charge is 0.0905 e. The fourth-order valence-electron chi connectivity index (χ4n) is 1.04. The van der Waals surface area contributed by atoms with E-state index in [1.165, 1.54) is 0 Å². The monoisotopic (exact) mass is 150 g/mol. The second-order valence-electron chi connectivity index (χ2n) is 2.72. The molecule has 0 amide bonds. The molecule has 0 heterocycles. The summed E-state index contributed by atoms with van der Waals surface area (Å²) in [6, 6.07) is 0. The predicted molar refractivity (Wildman–Crippen MR) is 47.2 cm³/mol. The van der Waals surface area contributed by atoms with Gasteiger partial charge in [-0.05, 0) is 12.3 Å². The van der Waals surface area contributed by atoms with Crippen molar-refractivity contribution in [2.45, 2.75) is 19.4 Å². The van der Waals surface area contributed by atoms with E-state index in [4.69, 9.17) is 0 Å². The minimum atomic E-state index is -0.408. The number of aliphatic hydroxyl groups is 1. The van der Waals surface area contributed by atoms with Crippen molar-refractivity contribution in [2.24, 2.45) is 5.92 Å². The van der Waals surface area contributed by atoms with E-state index < -0.39 is 6.10 Å². The Balaban J connectivity index is 2.67. The van der Waals surface area contributed by atoms with Gasteiger partial charge in [-0.3, -0.25) is 0 Å². The molecule has 1 aliphatic rings. The summed E-state index contributed by atoms with van der Waals surface area (Å²) < 4.78 is 0. The maximum atomic E-state index is 9.22. The van der Waals surface area contributed by atoms with E-state index in [0.29, 0.717) is 5.92 Å². The third kappa shape index (κ3) is 2.72. The Morgan fingerprint density at radius 1 is 1.09 bits per heavy atom. The zero-order valence-corrected chi connectivity index (χ0v) is 6.77. The molecule has 1 aliphatic carbocycles.